The molecular weight excluding hydrogens is 210 g/mol. The molecule has 0 aliphatic rings. The average Bonchev–Trinajstić information content (AvgIpc) is 2.24. The lowest BCUT2D eigenvalue weighted by atomic mass is 10.3. The number of hydrogen-bond acceptors (Lipinski definition) is 4. The molecule has 0 amide bonds. The Labute approximate surface area is 98.0 Å². The lowest BCUT2D eigenvalue weighted by Crippen LogP contribution is -2.30. The van der Waals surface area contributed by atoms with E-state index in [-0.39, 0.29) is 6.10 Å². The van der Waals surface area contributed by atoms with Gasteiger partial charge in [-0.1, -0.05) is 19.8 Å². The van der Waals surface area contributed by atoms with E-state index in [2.05, 4.69) is 12.2 Å². The van der Waals surface area contributed by atoms with Crippen molar-refractivity contribution in [1.29, 1.82) is 0 Å². The standard InChI is InChI=1S/C11H25NO2S/c1-3-4-5-8-15-10-11(13)9-12-6-7-14-2/h11-13H,3-10H2,1-2H3. The number of ether oxygens (including phenoxy) is 1. The van der Waals surface area contributed by atoms with Gasteiger partial charge < -0.3 is 15.2 Å². The molecule has 0 aliphatic carbocycles. The van der Waals surface area contributed by atoms with Crippen LogP contribution in [0, 0.1) is 0 Å². The summed E-state index contributed by atoms with van der Waals surface area (Å²) in [6.07, 6.45) is 3.61. The van der Waals surface area contributed by atoms with E-state index < -0.39 is 0 Å². The molecule has 92 valence electrons. The van der Waals surface area contributed by atoms with Crippen LogP contribution in [-0.4, -0.2) is 49.5 Å². The average molecular weight is 235 g/mol. The Balaban J connectivity index is 3.08. The van der Waals surface area contributed by atoms with Gasteiger partial charge in [0, 0.05) is 26.0 Å². The van der Waals surface area contributed by atoms with E-state index in [1.807, 2.05) is 11.8 Å². The Morgan fingerprint density at radius 1 is 1.40 bits per heavy atom. The van der Waals surface area contributed by atoms with Crippen molar-refractivity contribution in [3.63, 3.8) is 0 Å². The summed E-state index contributed by atoms with van der Waals surface area (Å²) in [7, 11) is 1.68. The Kier molecular flexibility index (Phi) is 12.5. The van der Waals surface area contributed by atoms with Gasteiger partial charge in [-0.25, -0.2) is 0 Å². The van der Waals surface area contributed by atoms with Crippen molar-refractivity contribution < 1.29 is 9.84 Å². The van der Waals surface area contributed by atoms with Crippen LogP contribution in [-0.2, 0) is 4.74 Å². The predicted molar refractivity (Wildman–Crippen MR) is 67.6 cm³/mol. The van der Waals surface area contributed by atoms with Crippen molar-refractivity contribution in [1.82, 2.24) is 5.32 Å². The van der Waals surface area contributed by atoms with Crippen molar-refractivity contribution in [2.75, 3.05) is 38.3 Å². The number of thioether (sulfide) groups is 1. The number of unbranched alkanes of at least 4 members (excludes halogenated alkanes) is 2. The lowest BCUT2D eigenvalue weighted by molar-refractivity contribution is 0.175. The molecule has 15 heavy (non-hydrogen) atoms. The third-order valence-corrected chi connectivity index (χ3v) is 3.26. The maximum absolute atomic E-state index is 9.58. The molecule has 1 unspecified atom stereocenters. The quantitative estimate of drug-likeness (QED) is 0.533. The van der Waals surface area contributed by atoms with Crippen molar-refractivity contribution in [2.24, 2.45) is 0 Å². The molecule has 0 spiro atoms. The molecule has 0 heterocycles. The molecular formula is C11H25NO2S. The Hall–Kier alpha value is 0.230. The summed E-state index contributed by atoms with van der Waals surface area (Å²) in [6.45, 7) is 4.40. The highest BCUT2D eigenvalue weighted by Gasteiger charge is 2.02. The van der Waals surface area contributed by atoms with Crippen LogP contribution in [0.25, 0.3) is 0 Å². The first-order valence-corrected chi connectivity index (χ1v) is 6.92. The normalized spacial score (nSPS) is 13.0. The molecule has 0 rings (SSSR count). The van der Waals surface area contributed by atoms with E-state index in [1.54, 1.807) is 7.11 Å². The van der Waals surface area contributed by atoms with Gasteiger partial charge >= 0.3 is 0 Å². The summed E-state index contributed by atoms with van der Waals surface area (Å²) >= 11 is 1.84. The van der Waals surface area contributed by atoms with Crippen LogP contribution >= 0.6 is 11.8 Å². The van der Waals surface area contributed by atoms with Crippen molar-refractivity contribution in [3.05, 3.63) is 0 Å². The highest BCUT2D eigenvalue weighted by Crippen LogP contribution is 2.07. The Bertz CT molecular complexity index is 125. The molecule has 0 aliphatic heterocycles. The summed E-state index contributed by atoms with van der Waals surface area (Å²) in [5.41, 5.74) is 0. The number of nitrogens with one attached hydrogen (secondary N) is 1. The van der Waals surface area contributed by atoms with Crippen molar-refractivity contribution in [2.45, 2.75) is 32.3 Å². The summed E-state index contributed by atoms with van der Waals surface area (Å²) in [4.78, 5) is 0. The summed E-state index contributed by atoms with van der Waals surface area (Å²) < 4.78 is 4.90. The van der Waals surface area contributed by atoms with Crippen molar-refractivity contribution in [3.8, 4) is 0 Å². The molecule has 0 aromatic heterocycles. The van der Waals surface area contributed by atoms with Crippen LogP contribution in [0.5, 0.6) is 0 Å². The fourth-order valence-corrected chi connectivity index (χ4v) is 2.14. The Morgan fingerprint density at radius 3 is 2.87 bits per heavy atom. The minimum absolute atomic E-state index is 0.228. The molecule has 0 aromatic rings. The van der Waals surface area contributed by atoms with Gasteiger partial charge in [0.1, 0.15) is 0 Å². The number of rotatable bonds is 11. The zero-order chi connectivity index (χ0) is 11.4. The Morgan fingerprint density at radius 2 is 2.20 bits per heavy atom. The highest BCUT2D eigenvalue weighted by atomic mass is 32.2. The van der Waals surface area contributed by atoms with Gasteiger partial charge in [0.05, 0.1) is 12.7 Å². The van der Waals surface area contributed by atoms with E-state index in [1.165, 1.54) is 25.0 Å². The van der Waals surface area contributed by atoms with Crippen LogP contribution < -0.4 is 5.32 Å². The zero-order valence-electron chi connectivity index (χ0n) is 10.00. The first-order chi connectivity index (χ1) is 7.31. The third-order valence-electron chi connectivity index (χ3n) is 2.07. The number of aliphatic hydroxyl groups excluding tert-OH is 1. The molecule has 0 aromatic carbocycles. The first-order valence-electron chi connectivity index (χ1n) is 5.76. The van der Waals surface area contributed by atoms with Crippen LogP contribution in [0.3, 0.4) is 0 Å². The van der Waals surface area contributed by atoms with Gasteiger partial charge in [-0.05, 0) is 12.2 Å². The first kappa shape index (κ1) is 15.2. The van der Waals surface area contributed by atoms with E-state index in [9.17, 15) is 5.11 Å². The number of aliphatic hydroxyl groups is 1. The van der Waals surface area contributed by atoms with Crippen LogP contribution in [0.4, 0.5) is 0 Å². The van der Waals surface area contributed by atoms with Gasteiger partial charge in [-0.3, -0.25) is 0 Å². The van der Waals surface area contributed by atoms with E-state index in [0.717, 1.165) is 12.3 Å². The second kappa shape index (κ2) is 12.3. The molecule has 4 heteroatoms. The molecule has 2 N–H and O–H groups in total. The van der Waals surface area contributed by atoms with Gasteiger partial charge in [0.2, 0.25) is 0 Å². The van der Waals surface area contributed by atoms with Crippen molar-refractivity contribution >= 4 is 11.8 Å². The van der Waals surface area contributed by atoms with Gasteiger partial charge in [-0.2, -0.15) is 11.8 Å². The summed E-state index contributed by atoms with van der Waals surface area (Å²) in [5.74, 6) is 2.01. The SMILES string of the molecule is CCCCCSCC(O)CNCCOC. The van der Waals surface area contributed by atoms with Gasteiger partial charge in [0.25, 0.3) is 0 Å². The maximum Gasteiger partial charge on any atom is 0.0754 e. The molecule has 0 radical (unpaired) electrons. The number of hydrogen-bond donors (Lipinski definition) is 2. The monoisotopic (exact) mass is 235 g/mol. The van der Waals surface area contributed by atoms with Gasteiger partial charge in [0.15, 0.2) is 0 Å². The second-order valence-electron chi connectivity index (χ2n) is 3.63. The fourth-order valence-electron chi connectivity index (χ4n) is 1.18. The largest absolute Gasteiger partial charge is 0.391 e. The molecule has 0 fully saturated rings. The fraction of sp³-hybridized carbons (Fsp3) is 1.00. The lowest BCUT2D eigenvalue weighted by Gasteiger charge is -2.11. The molecule has 0 saturated carbocycles. The van der Waals surface area contributed by atoms with Crippen LogP contribution in [0.1, 0.15) is 26.2 Å². The number of methoxy groups -OCH3 is 1. The maximum atomic E-state index is 9.58. The summed E-state index contributed by atoms with van der Waals surface area (Å²) in [6, 6.07) is 0. The second-order valence-corrected chi connectivity index (χ2v) is 4.78. The minimum atomic E-state index is -0.228. The predicted octanol–water partition coefficient (Wildman–Crippen LogP) is 1.51. The highest BCUT2D eigenvalue weighted by molar-refractivity contribution is 7.99. The van der Waals surface area contributed by atoms with Crippen LogP contribution in [0.2, 0.25) is 0 Å². The zero-order valence-corrected chi connectivity index (χ0v) is 10.8. The molecule has 0 bridgehead atoms. The molecule has 1 atom stereocenters. The van der Waals surface area contributed by atoms with E-state index in [4.69, 9.17) is 4.74 Å². The third kappa shape index (κ3) is 12.2. The summed E-state index contributed by atoms with van der Waals surface area (Å²) in [5, 5.41) is 12.7. The molecule has 3 nitrogen and oxygen atoms in total. The van der Waals surface area contributed by atoms with E-state index >= 15 is 0 Å². The minimum Gasteiger partial charge on any atom is -0.391 e. The molecule has 0 saturated heterocycles. The van der Waals surface area contributed by atoms with Crippen LogP contribution in [0.15, 0.2) is 0 Å². The topological polar surface area (TPSA) is 41.5 Å². The smallest absolute Gasteiger partial charge is 0.0754 e. The van der Waals surface area contributed by atoms with Gasteiger partial charge in [-0.15, -0.1) is 0 Å². The van der Waals surface area contributed by atoms with E-state index in [0.29, 0.717) is 13.2 Å².